The molecule has 0 aliphatic carbocycles. The molecule has 20 heavy (non-hydrogen) atoms. The van der Waals surface area contributed by atoms with Crippen molar-refractivity contribution in [3.8, 4) is 6.07 Å². The van der Waals surface area contributed by atoms with E-state index in [4.69, 9.17) is 5.26 Å². The molecule has 0 aromatic heterocycles. The molecule has 0 bridgehead atoms. The van der Waals surface area contributed by atoms with Gasteiger partial charge in [0, 0.05) is 26.2 Å². The predicted octanol–water partition coefficient (Wildman–Crippen LogP) is 0.700. The summed E-state index contributed by atoms with van der Waals surface area (Å²) in [5.41, 5.74) is 1.04. The first-order chi connectivity index (χ1) is 9.62. The number of benzene rings is 1. The standard InChI is InChI=1S/C14H19N3O2S/c15-7-8-16-9-11-17(12-10-16)20(18,19)13-6-14-4-2-1-3-5-14/h1-5H,6,8-13H2. The molecule has 1 aliphatic rings. The SMILES string of the molecule is N#CCN1CCN(S(=O)(=O)CCc2ccccc2)CC1. The Morgan fingerprint density at radius 3 is 2.35 bits per heavy atom. The Bertz CT molecular complexity index is 558. The van der Waals surface area contributed by atoms with E-state index in [1.54, 1.807) is 4.31 Å². The molecule has 0 atom stereocenters. The van der Waals surface area contributed by atoms with E-state index in [1.807, 2.05) is 35.2 Å². The maximum Gasteiger partial charge on any atom is 0.214 e. The zero-order chi connectivity index (χ0) is 14.4. The van der Waals surface area contributed by atoms with Crippen LogP contribution in [0.3, 0.4) is 0 Å². The van der Waals surface area contributed by atoms with Gasteiger partial charge in [-0.15, -0.1) is 0 Å². The highest BCUT2D eigenvalue weighted by Crippen LogP contribution is 2.10. The number of rotatable bonds is 5. The van der Waals surface area contributed by atoms with Crippen molar-refractivity contribution in [1.29, 1.82) is 5.26 Å². The zero-order valence-electron chi connectivity index (χ0n) is 11.4. The Morgan fingerprint density at radius 2 is 1.75 bits per heavy atom. The van der Waals surface area contributed by atoms with Gasteiger partial charge in [-0.1, -0.05) is 30.3 Å². The average Bonchev–Trinajstić information content (AvgIpc) is 2.47. The molecule has 1 aromatic rings. The molecule has 0 unspecified atom stereocenters. The van der Waals surface area contributed by atoms with Gasteiger partial charge in [-0.3, -0.25) is 4.90 Å². The third-order valence-electron chi connectivity index (χ3n) is 3.51. The lowest BCUT2D eigenvalue weighted by atomic mass is 10.2. The van der Waals surface area contributed by atoms with Crippen LogP contribution < -0.4 is 0 Å². The van der Waals surface area contributed by atoms with Gasteiger partial charge < -0.3 is 0 Å². The lowest BCUT2D eigenvalue weighted by Gasteiger charge is -2.32. The molecule has 0 radical (unpaired) electrons. The molecule has 1 saturated heterocycles. The fourth-order valence-electron chi connectivity index (χ4n) is 2.29. The monoisotopic (exact) mass is 293 g/mol. The molecule has 0 amide bonds. The number of nitriles is 1. The first kappa shape index (κ1) is 15.0. The van der Waals surface area contributed by atoms with Crippen LogP contribution in [-0.4, -0.2) is 56.1 Å². The van der Waals surface area contributed by atoms with Crippen LogP contribution in [0.25, 0.3) is 0 Å². The summed E-state index contributed by atoms with van der Waals surface area (Å²) in [6, 6.07) is 11.7. The summed E-state index contributed by atoms with van der Waals surface area (Å²) in [7, 11) is -3.20. The first-order valence-electron chi connectivity index (χ1n) is 6.73. The second-order valence-corrected chi connectivity index (χ2v) is 6.97. The summed E-state index contributed by atoms with van der Waals surface area (Å²) in [4.78, 5) is 1.98. The minimum absolute atomic E-state index is 0.148. The van der Waals surface area contributed by atoms with E-state index in [1.165, 1.54) is 0 Å². The third-order valence-corrected chi connectivity index (χ3v) is 5.38. The van der Waals surface area contributed by atoms with Gasteiger partial charge in [0.05, 0.1) is 18.4 Å². The Labute approximate surface area is 120 Å². The van der Waals surface area contributed by atoms with E-state index >= 15 is 0 Å². The van der Waals surface area contributed by atoms with E-state index in [9.17, 15) is 8.42 Å². The summed E-state index contributed by atoms with van der Waals surface area (Å²) < 4.78 is 26.1. The molecule has 0 spiro atoms. The molecule has 1 fully saturated rings. The molecule has 0 saturated carbocycles. The van der Waals surface area contributed by atoms with Crippen molar-refractivity contribution in [1.82, 2.24) is 9.21 Å². The number of nitrogens with zero attached hydrogens (tertiary/aromatic N) is 3. The first-order valence-corrected chi connectivity index (χ1v) is 8.34. The minimum Gasteiger partial charge on any atom is -0.288 e. The van der Waals surface area contributed by atoms with Crippen molar-refractivity contribution < 1.29 is 8.42 Å². The largest absolute Gasteiger partial charge is 0.288 e. The Hall–Kier alpha value is -1.42. The lowest BCUT2D eigenvalue weighted by Crippen LogP contribution is -2.49. The number of aryl methyl sites for hydroxylation is 1. The third kappa shape index (κ3) is 4.04. The fraction of sp³-hybridized carbons (Fsp3) is 0.500. The summed E-state index contributed by atoms with van der Waals surface area (Å²) >= 11 is 0. The Kier molecular flexibility index (Phi) is 5.12. The van der Waals surface area contributed by atoms with E-state index in [-0.39, 0.29) is 5.75 Å². The molecular weight excluding hydrogens is 274 g/mol. The lowest BCUT2D eigenvalue weighted by molar-refractivity contribution is 0.206. The van der Waals surface area contributed by atoms with Crippen molar-refractivity contribution in [2.24, 2.45) is 0 Å². The van der Waals surface area contributed by atoms with Gasteiger partial charge in [-0.05, 0) is 12.0 Å². The average molecular weight is 293 g/mol. The highest BCUT2D eigenvalue weighted by molar-refractivity contribution is 7.89. The second kappa shape index (κ2) is 6.84. The van der Waals surface area contributed by atoms with Crippen molar-refractivity contribution in [3.63, 3.8) is 0 Å². The number of piperazine rings is 1. The maximum absolute atomic E-state index is 12.3. The highest BCUT2D eigenvalue weighted by atomic mass is 32.2. The van der Waals surface area contributed by atoms with E-state index in [2.05, 4.69) is 6.07 Å². The van der Waals surface area contributed by atoms with Crippen LogP contribution in [0.5, 0.6) is 0 Å². The van der Waals surface area contributed by atoms with Crippen molar-refractivity contribution in [2.45, 2.75) is 6.42 Å². The van der Waals surface area contributed by atoms with Gasteiger partial charge in [-0.25, -0.2) is 8.42 Å². The topological polar surface area (TPSA) is 64.4 Å². The van der Waals surface area contributed by atoms with Crippen LogP contribution in [0.15, 0.2) is 30.3 Å². The summed E-state index contributed by atoms with van der Waals surface area (Å²) in [6.45, 7) is 2.62. The smallest absolute Gasteiger partial charge is 0.214 e. The van der Waals surface area contributed by atoms with Gasteiger partial charge in [-0.2, -0.15) is 9.57 Å². The molecular formula is C14H19N3O2S. The summed E-state index contributed by atoms with van der Waals surface area (Å²) in [6.07, 6.45) is 0.543. The van der Waals surface area contributed by atoms with Crippen molar-refractivity contribution >= 4 is 10.0 Å². The number of sulfonamides is 1. The predicted molar refractivity (Wildman–Crippen MR) is 77.6 cm³/mol. The van der Waals surface area contributed by atoms with Crippen LogP contribution in [0.1, 0.15) is 5.56 Å². The molecule has 0 N–H and O–H groups in total. The number of hydrogen-bond donors (Lipinski definition) is 0. The van der Waals surface area contributed by atoms with Crippen molar-refractivity contribution in [3.05, 3.63) is 35.9 Å². The molecule has 1 aromatic carbocycles. The molecule has 1 heterocycles. The highest BCUT2D eigenvalue weighted by Gasteiger charge is 2.26. The summed E-state index contributed by atoms with van der Waals surface area (Å²) in [5, 5.41) is 8.63. The number of hydrogen-bond acceptors (Lipinski definition) is 4. The normalized spacial score (nSPS) is 17.8. The summed E-state index contributed by atoms with van der Waals surface area (Å²) in [5.74, 6) is 0.148. The van der Waals surface area contributed by atoms with Crippen LogP contribution in [-0.2, 0) is 16.4 Å². The van der Waals surface area contributed by atoms with Gasteiger partial charge >= 0.3 is 0 Å². The molecule has 2 rings (SSSR count). The van der Waals surface area contributed by atoms with E-state index < -0.39 is 10.0 Å². The Balaban J connectivity index is 1.87. The van der Waals surface area contributed by atoms with Crippen LogP contribution in [0, 0.1) is 11.3 Å². The molecule has 5 nitrogen and oxygen atoms in total. The van der Waals surface area contributed by atoms with Gasteiger partial charge in [0.2, 0.25) is 10.0 Å². The van der Waals surface area contributed by atoms with Crippen LogP contribution >= 0.6 is 0 Å². The zero-order valence-corrected chi connectivity index (χ0v) is 12.2. The quantitative estimate of drug-likeness (QED) is 0.750. The van der Waals surface area contributed by atoms with Gasteiger partial charge in [0.1, 0.15) is 0 Å². The maximum atomic E-state index is 12.3. The van der Waals surface area contributed by atoms with Crippen LogP contribution in [0.2, 0.25) is 0 Å². The molecule has 6 heteroatoms. The Morgan fingerprint density at radius 1 is 1.10 bits per heavy atom. The van der Waals surface area contributed by atoms with E-state index in [0.29, 0.717) is 39.1 Å². The minimum atomic E-state index is -3.20. The van der Waals surface area contributed by atoms with Crippen molar-refractivity contribution in [2.75, 3.05) is 38.5 Å². The van der Waals surface area contributed by atoms with Gasteiger partial charge in [0.15, 0.2) is 0 Å². The second-order valence-electron chi connectivity index (χ2n) is 4.88. The molecule has 1 aliphatic heterocycles. The van der Waals surface area contributed by atoms with Crippen LogP contribution in [0.4, 0.5) is 0 Å². The van der Waals surface area contributed by atoms with E-state index in [0.717, 1.165) is 5.56 Å². The fourth-order valence-corrected chi connectivity index (χ4v) is 3.76. The van der Waals surface area contributed by atoms with Gasteiger partial charge in [0.25, 0.3) is 0 Å². The molecule has 108 valence electrons.